The van der Waals surface area contributed by atoms with Crippen molar-refractivity contribution in [3.8, 4) is 5.75 Å². The lowest BCUT2D eigenvalue weighted by molar-refractivity contribution is -0.122. The molecule has 2 aromatic carbocycles. The van der Waals surface area contributed by atoms with E-state index in [1.54, 1.807) is 7.11 Å². The number of nitrogens with one attached hydrogen (secondary N) is 2. The summed E-state index contributed by atoms with van der Waals surface area (Å²) in [4.78, 5) is 13.2. The minimum absolute atomic E-state index is 0.102. The second-order valence-electron chi connectivity index (χ2n) is 6.65. The molecule has 0 fully saturated rings. The number of benzene rings is 2. The summed E-state index contributed by atoms with van der Waals surface area (Å²) in [7, 11) is 1.63. The van der Waals surface area contributed by atoms with Crippen LogP contribution in [0.3, 0.4) is 0 Å². The van der Waals surface area contributed by atoms with Crippen molar-refractivity contribution in [2.75, 3.05) is 17.7 Å². The zero-order valence-electron chi connectivity index (χ0n) is 14.5. The standard InChI is InChI=1S/C20H21BrN2O2/c1-5-19(2,3)20(23-13-9-11-14(25-4)12-10-13)17-15(21)7-6-8-16(17)22-18(20)24/h5-12,23H,1H2,2-4H3,(H,22,24). The predicted octanol–water partition coefficient (Wildman–Crippen LogP) is 4.93. The SMILES string of the molecule is C=CC(C)(C)C1(Nc2ccc(OC)cc2)C(=O)Nc2cccc(Br)c21. The minimum atomic E-state index is -0.987. The topological polar surface area (TPSA) is 50.4 Å². The Bertz CT molecular complexity index is 830. The molecule has 0 saturated carbocycles. The van der Waals surface area contributed by atoms with Crippen LogP contribution in [-0.2, 0) is 10.3 Å². The lowest BCUT2D eigenvalue weighted by Crippen LogP contribution is -2.52. The fraction of sp³-hybridized carbons (Fsp3) is 0.250. The molecule has 1 aliphatic rings. The Labute approximate surface area is 156 Å². The van der Waals surface area contributed by atoms with E-state index in [1.165, 1.54) is 0 Å². The Morgan fingerprint density at radius 1 is 1.24 bits per heavy atom. The smallest absolute Gasteiger partial charge is 0.255 e. The maximum absolute atomic E-state index is 13.2. The number of anilines is 2. The van der Waals surface area contributed by atoms with Crippen LogP contribution in [0.1, 0.15) is 19.4 Å². The van der Waals surface area contributed by atoms with Crippen molar-refractivity contribution in [3.05, 3.63) is 65.2 Å². The van der Waals surface area contributed by atoms with Crippen LogP contribution in [0.15, 0.2) is 59.6 Å². The van der Waals surface area contributed by atoms with E-state index in [2.05, 4.69) is 33.1 Å². The van der Waals surface area contributed by atoms with Crippen molar-refractivity contribution in [2.24, 2.45) is 5.41 Å². The Morgan fingerprint density at radius 3 is 2.52 bits per heavy atom. The van der Waals surface area contributed by atoms with Gasteiger partial charge in [-0.25, -0.2) is 0 Å². The highest BCUT2D eigenvalue weighted by Crippen LogP contribution is 2.52. The maximum atomic E-state index is 13.2. The number of rotatable bonds is 5. The van der Waals surface area contributed by atoms with Gasteiger partial charge >= 0.3 is 0 Å². The van der Waals surface area contributed by atoms with Crippen LogP contribution in [-0.4, -0.2) is 13.0 Å². The zero-order valence-corrected chi connectivity index (χ0v) is 16.1. The second-order valence-corrected chi connectivity index (χ2v) is 7.50. The summed E-state index contributed by atoms with van der Waals surface area (Å²) < 4.78 is 6.09. The highest BCUT2D eigenvalue weighted by Gasteiger charge is 2.56. The number of ether oxygens (including phenoxy) is 1. The van der Waals surface area contributed by atoms with Gasteiger partial charge in [0.25, 0.3) is 5.91 Å². The zero-order chi connectivity index (χ0) is 18.2. The fourth-order valence-corrected chi connectivity index (χ4v) is 3.94. The van der Waals surface area contributed by atoms with E-state index < -0.39 is 11.0 Å². The summed E-state index contributed by atoms with van der Waals surface area (Å²) in [5, 5.41) is 6.48. The molecule has 4 nitrogen and oxygen atoms in total. The largest absolute Gasteiger partial charge is 0.497 e. The first-order valence-electron chi connectivity index (χ1n) is 8.02. The van der Waals surface area contributed by atoms with Crippen LogP contribution >= 0.6 is 15.9 Å². The quantitative estimate of drug-likeness (QED) is 0.699. The number of carbonyl (C=O) groups excluding carboxylic acids is 1. The Kier molecular flexibility index (Phi) is 4.37. The summed E-state index contributed by atoms with van der Waals surface area (Å²) in [5.74, 6) is 0.662. The predicted molar refractivity (Wildman–Crippen MR) is 105 cm³/mol. The third kappa shape index (κ3) is 2.63. The van der Waals surface area contributed by atoms with Crippen LogP contribution in [0.4, 0.5) is 11.4 Å². The van der Waals surface area contributed by atoms with Crippen molar-refractivity contribution in [3.63, 3.8) is 0 Å². The van der Waals surface area contributed by atoms with E-state index in [1.807, 2.05) is 62.4 Å². The molecular formula is C20H21BrN2O2. The molecule has 1 aliphatic heterocycles. The Morgan fingerprint density at radius 2 is 1.92 bits per heavy atom. The maximum Gasteiger partial charge on any atom is 0.255 e. The lowest BCUT2D eigenvalue weighted by atomic mass is 9.68. The molecule has 5 heteroatoms. The molecule has 0 radical (unpaired) electrons. The molecule has 1 atom stereocenters. The molecular weight excluding hydrogens is 380 g/mol. The number of hydrogen-bond acceptors (Lipinski definition) is 3. The number of halogens is 1. The monoisotopic (exact) mass is 400 g/mol. The third-order valence-electron chi connectivity index (χ3n) is 4.88. The van der Waals surface area contributed by atoms with Crippen LogP contribution in [0.5, 0.6) is 5.75 Å². The van der Waals surface area contributed by atoms with Gasteiger partial charge in [-0.05, 0) is 36.4 Å². The van der Waals surface area contributed by atoms with Crippen LogP contribution < -0.4 is 15.4 Å². The van der Waals surface area contributed by atoms with Gasteiger partial charge in [-0.3, -0.25) is 4.79 Å². The van der Waals surface area contributed by atoms with E-state index in [0.717, 1.165) is 27.2 Å². The molecule has 0 aromatic heterocycles. The highest BCUT2D eigenvalue weighted by atomic mass is 79.9. The van der Waals surface area contributed by atoms with Gasteiger partial charge in [-0.15, -0.1) is 6.58 Å². The fourth-order valence-electron chi connectivity index (χ4n) is 3.28. The molecule has 130 valence electrons. The third-order valence-corrected chi connectivity index (χ3v) is 5.54. The van der Waals surface area contributed by atoms with E-state index in [4.69, 9.17) is 4.74 Å². The summed E-state index contributed by atoms with van der Waals surface area (Å²) in [6, 6.07) is 13.3. The van der Waals surface area contributed by atoms with E-state index in [9.17, 15) is 4.79 Å². The highest BCUT2D eigenvalue weighted by molar-refractivity contribution is 9.10. The summed E-state index contributed by atoms with van der Waals surface area (Å²) in [6.07, 6.45) is 1.82. The van der Waals surface area contributed by atoms with Crippen molar-refractivity contribution in [1.29, 1.82) is 0 Å². The second kappa shape index (κ2) is 6.23. The Hall–Kier alpha value is -2.27. The summed E-state index contributed by atoms with van der Waals surface area (Å²) in [5.41, 5.74) is 0.982. The molecule has 25 heavy (non-hydrogen) atoms. The minimum Gasteiger partial charge on any atom is -0.497 e. The molecule has 3 rings (SSSR count). The molecule has 1 unspecified atom stereocenters. The van der Waals surface area contributed by atoms with Gasteiger partial charge in [0.15, 0.2) is 5.54 Å². The number of fused-ring (bicyclic) bond motifs is 1. The van der Waals surface area contributed by atoms with E-state index >= 15 is 0 Å². The van der Waals surface area contributed by atoms with Gasteiger partial charge in [-0.1, -0.05) is 41.9 Å². The van der Waals surface area contributed by atoms with Crippen molar-refractivity contribution >= 4 is 33.2 Å². The average Bonchev–Trinajstić information content (AvgIpc) is 2.90. The summed E-state index contributed by atoms with van der Waals surface area (Å²) >= 11 is 3.62. The van der Waals surface area contributed by atoms with Crippen LogP contribution in [0.2, 0.25) is 0 Å². The first kappa shape index (κ1) is 17.5. The normalized spacial score (nSPS) is 19.1. The average molecular weight is 401 g/mol. The van der Waals surface area contributed by atoms with Crippen LogP contribution in [0, 0.1) is 5.41 Å². The first-order valence-corrected chi connectivity index (χ1v) is 8.81. The van der Waals surface area contributed by atoms with Gasteiger partial charge in [0.1, 0.15) is 5.75 Å². The van der Waals surface area contributed by atoms with Gasteiger partial charge in [-0.2, -0.15) is 0 Å². The van der Waals surface area contributed by atoms with Crippen molar-refractivity contribution in [2.45, 2.75) is 19.4 Å². The van der Waals surface area contributed by atoms with Gasteiger partial charge < -0.3 is 15.4 Å². The molecule has 0 spiro atoms. The van der Waals surface area contributed by atoms with Gasteiger partial charge in [0.2, 0.25) is 0 Å². The van der Waals surface area contributed by atoms with Crippen molar-refractivity contribution < 1.29 is 9.53 Å². The molecule has 2 N–H and O–H groups in total. The van der Waals surface area contributed by atoms with E-state index in [-0.39, 0.29) is 5.91 Å². The molecule has 0 aliphatic carbocycles. The van der Waals surface area contributed by atoms with Gasteiger partial charge in [0.05, 0.1) is 7.11 Å². The Balaban J connectivity index is 2.19. The number of amides is 1. The number of methoxy groups -OCH3 is 1. The molecule has 2 aromatic rings. The molecule has 0 bridgehead atoms. The number of carbonyl (C=O) groups is 1. The summed E-state index contributed by atoms with van der Waals surface area (Å²) in [6.45, 7) is 7.98. The molecule has 0 saturated heterocycles. The number of hydrogen-bond donors (Lipinski definition) is 2. The molecule has 1 amide bonds. The molecule has 1 heterocycles. The van der Waals surface area contributed by atoms with Gasteiger partial charge in [0, 0.05) is 26.8 Å². The van der Waals surface area contributed by atoms with Crippen LogP contribution in [0.25, 0.3) is 0 Å². The first-order chi connectivity index (χ1) is 11.9. The van der Waals surface area contributed by atoms with E-state index in [0.29, 0.717) is 0 Å². The lowest BCUT2D eigenvalue weighted by Gasteiger charge is -2.42. The van der Waals surface area contributed by atoms with Crippen molar-refractivity contribution in [1.82, 2.24) is 0 Å².